The van der Waals surface area contributed by atoms with Crippen molar-refractivity contribution < 1.29 is 23.0 Å². The van der Waals surface area contributed by atoms with Crippen molar-refractivity contribution in [1.29, 1.82) is 0 Å². The Morgan fingerprint density at radius 2 is 1.96 bits per heavy atom. The second-order valence-corrected chi connectivity index (χ2v) is 6.02. The van der Waals surface area contributed by atoms with Crippen molar-refractivity contribution in [3.8, 4) is 11.5 Å². The molecule has 0 unspecified atom stereocenters. The molecule has 0 aliphatic heterocycles. The number of aromatic nitrogens is 3. The summed E-state index contributed by atoms with van der Waals surface area (Å²) in [6.45, 7) is 0.959. The van der Waals surface area contributed by atoms with Gasteiger partial charge in [-0.2, -0.15) is 13.9 Å². The molecule has 1 aromatic carbocycles. The van der Waals surface area contributed by atoms with E-state index in [1.165, 1.54) is 31.5 Å². The van der Waals surface area contributed by atoms with Crippen LogP contribution >= 0.6 is 0 Å². The van der Waals surface area contributed by atoms with Crippen LogP contribution in [0.5, 0.6) is 11.5 Å². The molecule has 0 saturated heterocycles. The molecule has 0 fully saturated rings. The van der Waals surface area contributed by atoms with E-state index in [4.69, 9.17) is 4.74 Å². The van der Waals surface area contributed by atoms with E-state index in [0.717, 1.165) is 5.39 Å². The maximum Gasteiger partial charge on any atom is 0.387 e. The summed E-state index contributed by atoms with van der Waals surface area (Å²) in [5.74, 6) is -0.600. The largest absolute Gasteiger partial charge is 0.493 e. The number of carbonyl (C=O) groups is 1. The number of amides is 1. The summed E-state index contributed by atoms with van der Waals surface area (Å²) in [6.07, 6.45) is 3.18. The Hall–Kier alpha value is -3.23. The second-order valence-electron chi connectivity index (χ2n) is 6.02. The molecule has 9 heteroatoms. The number of benzene rings is 1. The molecular formula is C18H18F2N4O3. The number of fused-ring (bicyclic) bond motifs is 1. The first kappa shape index (κ1) is 18.6. The molecule has 142 valence electrons. The lowest BCUT2D eigenvalue weighted by atomic mass is 10.2. The summed E-state index contributed by atoms with van der Waals surface area (Å²) in [4.78, 5) is 16.8. The zero-order valence-electron chi connectivity index (χ0n) is 14.9. The van der Waals surface area contributed by atoms with Gasteiger partial charge in [0.2, 0.25) is 0 Å². The van der Waals surface area contributed by atoms with E-state index < -0.39 is 12.5 Å². The topological polar surface area (TPSA) is 78.3 Å². The summed E-state index contributed by atoms with van der Waals surface area (Å²) in [5, 5.41) is 7.73. The van der Waals surface area contributed by atoms with Crippen LogP contribution in [0.15, 0.2) is 36.7 Å². The lowest BCUT2D eigenvalue weighted by Crippen LogP contribution is -2.13. The highest BCUT2D eigenvalue weighted by atomic mass is 19.3. The van der Waals surface area contributed by atoms with Gasteiger partial charge in [-0.3, -0.25) is 4.79 Å². The van der Waals surface area contributed by atoms with Crippen molar-refractivity contribution in [1.82, 2.24) is 14.8 Å². The number of ether oxygens (including phenoxy) is 2. The number of methoxy groups -OCH3 is 1. The number of pyridine rings is 1. The lowest BCUT2D eigenvalue weighted by Gasteiger charge is -2.12. The van der Waals surface area contributed by atoms with E-state index in [1.54, 1.807) is 16.9 Å². The predicted molar refractivity (Wildman–Crippen MR) is 95.5 cm³/mol. The van der Waals surface area contributed by atoms with Crippen LogP contribution in [-0.2, 0) is 0 Å². The molecule has 0 aliphatic rings. The van der Waals surface area contributed by atoms with Crippen LogP contribution in [0.4, 0.5) is 14.5 Å². The number of carbonyl (C=O) groups excluding carboxylic acids is 1. The van der Waals surface area contributed by atoms with Gasteiger partial charge in [0.1, 0.15) is 0 Å². The number of hydrogen-bond donors (Lipinski definition) is 1. The van der Waals surface area contributed by atoms with Gasteiger partial charge < -0.3 is 14.8 Å². The molecule has 7 nitrogen and oxygen atoms in total. The number of hydrogen-bond acceptors (Lipinski definition) is 5. The standard InChI is InChI=1S/C18H18F2N4O3/c1-10(2)24-16-12(8-22-24)6-13(9-21-16)23-17(25)11-4-5-14(26-3)15(7-11)27-18(19)20/h4-10,18H,1-3H3,(H,23,25). The molecule has 0 aliphatic carbocycles. The summed E-state index contributed by atoms with van der Waals surface area (Å²) in [5.41, 5.74) is 1.31. The minimum absolute atomic E-state index is 0.107. The Balaban J connectivity index is 1.83. The van der Waals surface area contributed by atoms with Crippen molar-refractivity contribution >= 4 is 22.6 Å². The minimum atomic E-state index is -3.03. The highest BCUT2D eigenvalue weighted by Crippen LogP contribution is 2.30. The third-order valence-corrected chi connectivity index (χ3v) is 3.82. The number of nitrogens with one attached hydrogen (secondary N) is 1. The molecule has 2 heterocycles. The lowest BCUT2D eigenvalue weighted by molar-refractivity contribution is -0.0512. The van der Waals surface area contributed by atoms with Gasteiger partial charge in [-0.15, -0.1) is 0 Å². The molecule has 27 heavy (non-hydrogen) atoms. The van der Waals surface area contributed by atoms with Crippen LogP contribution in [0.1, 0.15) is 30.2 Å². The Morgan fingerprint density at radius 1 is 1.19 bits per heavy atom. The van der Waals surface area contributed by atoms with E-state index in [1.807, 2.05) is 13.8 Å². The van der Waals surface area contributed by atoms with Crippen LogP contribution in [-0.4, -0.2) is 34.4 Å². The maximum absolute atomic E-state index is 12.5. The van der Waals surface area contributed by atoms with Crippen LogP contribution < -0.4 is 14.8 Å². The first-order valence-corrected chi connectivity index (χ1v) is 8.16. The van der Waals surface area contributed by atoms with Crippen molar-refractivity contribution in [3.63, 3.8) is 0 Å². The molecule has 0 bridgehead atoms. The molecule has 1 amide bonds. The monoisotopic (exact) mass is 376 g/mol. The van der Waals surface area contributed by atoms with Gasteiger partial charge in [-0.1, -0.05) is 0 Å². The SMILES string of the molecule is COc1ccc(C(=O)Nc2cnc3c(cnn3C(C)C)c2)cc1OC(F)F. The molecule has 2 aromatic heterocycles. The number of rotatable bonds is 6. The van der Waals surface area contributed by atoms with Gasteiger partial charge in [0, 0.05) is 17.0 Å². The van der Waals surface area contributed by atoms with E-state index in [9.17, 15) is 13.6 Å². The van der Waals surface area contributed by atoms with Gasteiger partial charge in [-0.25, -0.2) is 9.67 Å². The van der Waals surface area contributed by atoms with Gasteiger partial charge in [0.05, 0.1) is 25.2 Å². The molecular weight excluding hydrogens is 358 g/mol. The van der Waals surface area contributed by atoms with Crippen molar-refractivity contribution in [2.75, 3.05) is 12.4 Å². The average Bonchev–Trinajstić information content (AvgIpc) is 3.04. The van der Waals surface area contributed by atoms with E-state index in [2.05, 4.69) is 20.1 Å². The third-order valence-electron chi connectivity index (χ3n) is 3.82. The van der Waals surface area contributed by atoms with Gasteiger partial charge in [-0.05, 0) is 38.1 Å². The molecule has 0 radical (unpaired) electrons. The highest BCUT2D eigenvalue weighted by Gasteiger charge is 2.15. The zero-order chi connectivity index (χ0) is 19.6. The van der Waals surface area contributed by atoms with E-state index in [0.29, 0.717) is 11.3 Å². The average molecular weight is 376 g/mol. The molecule has 3 aromatic rings. The Bertz CT molecular complexity index is 972. The molecule has 0 saturated carbocycles. The number of halogens is 2. The molecule has 1 N–H and O–H groups in total. The number of anilines is 1. The maximum atomic E-state index is 12.5. The third kappa shape index (κ3) is 3.97. The fourth-order valence-electron chi connectivity index (χ4n) is 2.60. The fourth-order valence-corrected chi connectivity index (χ4v) is 2.60. The molecule has 0 atom stereocenters. The molecule has 0 spiro atoms. The zero-order valence-corrected chi connectivity index (χ0v) is 14.9. The fraction of sp³-hybridized carbons (Fsp3) is 0.278. The Kier molecular flexibility index (Phi) is 5.20. The van der Waals surface area contributed by atoms with Crippen LogP contribution in [0.3, 0.4) is 0 Å². The molecule has 3 rings (SSSR count). The summed E-state index contributed by atoms with van der Waals surface area (Å²) in [7, 11) is 1.33. The Labute approximate surface area is 153 Å². The van der Waals surface area contributed by atoms with Crippen molar-refractivity contribution in [2.45, 2.75) is 26.5 Å². The first-order chi connectivity index (χ1) is 12.9. The van der Waals surface area contributed by atoms with Crippen LogP contribution in [0.25, 0.3) is 11.0 Å². The van der Waals surface area contributed by atoms with Gasteiger partial charge in [0.15, 0.2) is 17.1 Å². The Morgan fingerprint density at radius 3 is 2.63 bits per heavy atom. The van der Waals surface area contributed by atoms with Crippen molar-refractivity contribution in [2.24, 2.45) is 0 Å². The normalized spacial score (nSPS) is 11.2. The number of alkyl halides is 2. The van der Waals surface area contributed by atoms with E-state index in [-0.39, 0.29) is 23.1 Å². The smallest absolute Gasteiger partial charge is 0.387 e. The first-order valence-electron chi connectivity index (χ1n) is 8.16. The minimum Gasteiger partial charge on any atom is -0.493 e. The number of nitrogens with zero attached hydrogens (tertiary/aromatic N) is 3. The van der Waals surface area contributed by atoms with Crippen LogP contribution in [0, 0.1) is 0 Å². The summed E-state index contributed by atoms with van der Waals surface area (Å²) >= 11 is 0. The quantitative estimate of drug-likeness (QED) is 0.706. The van der Waals surface area contributed by atoms with E-state index >= 15 is 0 Å². The van der Waals surface area contributed by atoms with Crippen molar-refractivity contribution in [3.05, 3.63) is 42.2 Å². The van der Waals surface area contributed by atoms with Gasteiger partial charge in [0.25, 0.3) is 5.91 Å². The second kappa shape index (κ2) is 7.56. The highest BCUT2D eigenvalue weighted by molar-refractivity contribution is 6.05. The summed E-state index contributed by atoms with van der Waals surface area (Å²) < 4.78 is 36.2. The van der Waals surface area contributed by atoms with Gasteiger partial charge >= 0.3 is 6.61 Å². The van der Waals surface area contributed by atoms with Crippen LogP contribution in [0.2, 0.25) is 0 Å². The summed E-state index contributed by atoms with van der Waals surface area (Å²) in [6, 6.07) is 5.94. The predicted octanol–water partition coefficient (Wildman–Crippen LogP) is 3.87.